The molecular formula is C11H13N5O. The van der Waals surface area contributed by atoms with E-state index in [1.165, 1.54) is 0 Å². The predicted octanol–water partition coefficient (Wildman–Crippen LogP) is 0.528. The van der Waals surface area contributed by atoms with Crippen LogP contribution >= 0.6 is 0 Å². The van der Waals surface area contributed by atoms with Crippen molar-refractivity contribution in [3.63, 3.8) is 0 Å². The van der Waals surface area contributed by atoms with Gasteiger partial charge >= 0.3 is 0 Å². The van der Waals surface area contributed by atoms with Gasteiger partial charge in [0.05, 0.1) is 37.3 Å². The van der Waals surface area contributed by atoms with Crippen molar-refractivity contribution in [2.24, 2.45) is 0 Å². The number of ether oxygens (including phenoxy) is 1. The second-order valence-corrected chi connectivity index (χ2v) is 3.85. The molecule has 1 saturated heterocycles. The van der Waals surface area contributed by atoms with Gasteiger partial charge in [0.25, 0.3) is 0 Å². The van der Waals surface area contributed by atoms with Crippen molar-refractivity contribution < 1.29 is 4.74 Å². The van der Waals surface area contributed by atoms with Gasteiger partial charge in [-0.05, 0) is 0 Å². The van der Waals surface area contributed by atoms with Crippen molar-refractivity contribution in [2.75, 3.05) is 19.8 Å². The Morgan fingerprint density at radius 2 is 2.24 bits per heavy atom. The van der Waals surface area contributed by atoms with Gasteiger partial charge in [0.15, 0.2) is 0 Å². The summed E-state index contributed by atoms with van der Waals surface area (Å²) >= 11 is 0. The molecule has 2 aromatic heterocycles. The largest absolute Gasteiger partial charge is 0.378 e. The van der Waals surface area contributed by atoms with Crippen LogP contribution < -0.4 is 5.32 Å². The van der Waals surface area contributed by atoms with Crippen molar-refractivity contribution in [3.8, 4) is 11.4 Å². The summed E-state index contributed by atoms with van der Waals surface area (Å²) in [6.45, 7) is 2.26. The number of aromatic nitrogens is 4. The second kappa shape index (κ2) is 4.60. The third kappa shape index (κ3) is 2.17. The highest BCUT2D eigenvalue weighted by Crippen LogP contribution is 2.17. The van der Waals surface area contributed by atoms with Gasteiger partial charge in [-0.3, -0.25) is 9.97 Å². The highest BCUT2D eigenvalue weighted by Gasteiger charge is 2.18. The zero-order valence-corrected chi connectivity index (χ0v) is 9.26. The molecule has 0 bridgehead atoms. The van der Waals surface area contributed by atoms with Crippen LogP contribution in [0.4, 0.5) is 0 Å². The summed E-state index contributed by atoms with van der Waals surface area (Å²) < 4.78 is 5.40. The minimum atomic E-state index is 0.133. The molecule has 6 nitrogen and oxygen atoms in total. The molecule has 2 N–H and O–H groups in total. The SMILES string of the molecule is c1cnc(-c2cnc(C3COCCN3)[nH]2)cn1. The van der Waals surface area contributed by atoms with Crippen LogP contribution in [0, 0.1) is 0 Å². The van der Waals surface area contributed by atoms with E-state index in [9.17, 15) is 0 Å². The quantitative estimate of drug-likeness (QED) is 0.788. The number of nitrogens with zero attached hydrogens (tertiary/aromatic N) is 3. The van der Waals surface area contributed by atoms with E-state index in [0.717, 1.165) is 30.4 Å². The van der Waals surface area contributed by atoms with Crippen molar-refractivity contribution in [3.05, 3.63) is 30.6 Å². The van der Waals surface area contributed by atoms with E-state index in [1.54, 1.807) is 24.8 Å². The molecule has 1 fully saturated rings. The van der Waals surface area contributed by atoms with Crippen LogP contribution in [-0.4, -0.2) is 39.7 Å². The lowest BCUT2D eigenvalue weighted by atomic mass is 10.2. The van der Waals surface area contributed by atoms with Crippen molar-refractivity contribution in [2.45, 2.75) is 6.04 Å². The lowest BCUT2D eigenvalue weighted by molar-refractivity contribution is 0.0745. The van der Waals surface area contributed by atoms with Crippen LogP contribution in [0.25, 0.3) is 11.4 Å². The molecule has 6 heteroatoms. The lowest BCUT2D eigenvalue weighted by Crippen LogP contribution is -2.35. The number of H-pyrrole nitrogens is 1. The Hall–Kier alpha value is -1.79. The number of hydrogen-bond acceptors (Lipinski definition) is 5. The van der Waals surface area contributed by atoms with Gasteiger partial charge in [0.1, 0.15) is 11.5 Å². The lowest BCUT2D eigenvalue weighted by Gasteiger charge is -2.21. The van der Waals surface area contributed by atoms with Crippen molar-refractivity contribution in [1.82, 2.24) is 25.3 Å². The fourth-order valence-corrected chi connectivity index (χ4v) is 1.82. The first-order chi connectivity index (χ1) is 8.43. The number of hydrogen-bond donors (Lipinski definition) is 2. The Morgan fingerprint density at radius 1 is 1.24 bits per heavy atom. The minimum absolute atomic E-state index is 0.133. The van der Waals surface area contributed by atoms with E-state index in [1.807, 2.05) is 0 Å². The fraction of sp³-hybridized carbons (Fsp3) is 0.364. The molecule has 0 saturated carbocycles. The maximum Gasteiger partial charge on any atom is 0.126 e. The fourth-order valence-electron chi connectivity index (χ4n) is 1.82. The third-order valence-electron chi connectivity index (χ3n) is 2.69. The first-order valence-corrected chi connectivity index (χ1v) is 5.56. The van der Waals surface area contributed by atoms with Crippen LogP contribution in [0.3, 0.4) is 0 Å². The number of nitrogens with one attached hydrogen (secondary N) is 2. The van der Waals surface area contributed by atoms with Gasteiger partial charge in [0.2, 0.25) is 0 Å². The summed E-state index contributed by atoms with van der Waals surface area (Å²) in [6, 6.07) is 0.133. The summed E-state index contributed by atoms with van der Waals surface area (Å²) in [5.41, 5.74) is 1.67. The highest BCUT2D eigenvalue weighted by atomic mass is 16.5. The molecule has 0 spiro atoms. The van der Waals surface area contributed by atoms with Crippen molar-refractivity contribution >= 4 is 0 Å². The Labute approximate surface area is 98.5 Å². The monoisotopic (exact) mass is 231 g/mol. The zero-order chi connectivity index (χ0) is 11.5. The predicted molar refractivity (Wildman–Crippen MR) is 61.2 cm³/mol. The highest BCUT2D eigenvalue weighted by molar-refractivity contribution is 5.51. The van der Waals surface area contributed by atoms with Gasteiger partial charge in [-0.2, -0.15) is 0 Å². The first kappa shape index (κ1) is 10.4. The van der Waals surface area contributed by atoms with Crippen molar-refractivity contribution in [1.29, 1.82) is 0 Å². The van der Waals surface area contributed by atoms with E-state index in [-0.39, 0.29) is 6.04 Å². The normalized spacial score (nSPS) is 20.4. The summed E-state index contributed by atoms with van der Waals surface area (Å²) in [4.78, 5) is 15.8. The maximum atomic E-state index is 5.40. The molecule has 3 rings (SSSR count). The number of imidazole rings is 1. The molecule has 1 aliphatic heterocycles. The molecular weight excluding hydrogens is 218 g/mol. The molecule has 1 aliphatic rings. The Kier molecular flexibility index (Phi) is 2.81. The van der Waals surface area contributed by atoms with E-state index >= 15 is 0 Å². The molecule has 0 radical (unpaired) electrons. The average molecular weight is 231 g/mol. The third-order valence-corrected chi connectivity index (χ3v) is 2.69. The summed E-state index contributed by atoms with van der Waals surface area (Å²) in [5.74, 6) is 0.880. The molecule has 0 aromatic carbocycles. The number of rotatable bonds is 2. The van der Waals surface area contributed by atoms with Crippen LogP contribution in [0.15, 0.2) is 24.8 Å². The molecule has 17 heavy (non-hydrogen) atoms. The summed E-state index contributed by atoms with van der Waals surface area (Å²) in [7, 11) is 0. The van der Waals surface area contributed by atoms with Gasteiger partial charge in [-0.25, -0.2) is 4.98 Å². The van der Waals surface area contributed by atoms with Crippen LogP contribution in [0.5, 0.6) is 0 Å². The molecule has 0 aliphatic carbocycles. The number of morpholine rings is 1. The van der Waals surface area contributed by atoms with Gasteiger partial charge in [0, 0.05) is 18.9 Å². The topological polar surface area (TPSA) is 75.7 Å². The first-order valence-electron chi connectivity index (χ1n) is 5.56. The Balaban J connectivity index is 1.83. The van der Waals surface area contributed by atoms with Crippen LogP contribution in [0.1, 0.15) is 11.9 Å². The molecule has 1 atom stereocenters. The van der Waals surface area contributed by atoms with Gasteiger partial charge < -0.3 is 15.0 Å². The minimum Gasteiger partial charge on any atom is -0.378 e. The Morgan fingerprint density at radius 3 is 3.00 bits per heavy atom. The summed E-state index contributed by atoms with van der Waals surface area (Å²) in [6.07, 6.45) is 6.80. The van der Waals surface area contributed by atoms with Gasteiger partial charge in [-0.15, -0.1) is 0 Å². The number of aromatic amines is 1. The Bertz CT molecular complexity index is 478. The molecule has 88 valence electrons. The summed E-state index contributed by atoms with van der Waals surface area (Å²) in [5, 5.41) is 3.35. The second-order valence-electron chi connectivity index (χ2n) is 3.85. The van der Waals surface area contributed by atoms with E-state index < -0.39 is 0 Å². The maximum absolute atomic E-state index is 5.40. The van der Waals surface area contributed by atoms with Crippen LogP contribution in [0.2, 0.25) is 0 Å². The molecule has 0 amide bonds. The molecule has 1 unspecified atom stereocenters. The van der Waals surface area contributed by atoms with E-state index in [2.05, 4.69) is 25.3 Å². The standard InChI is InChI=1S/C11H13N5O/c1-2-13-8(5-12-1)9-6-15-11(16-9)10-7-17-4-3-14-10/h1-2,5-6,10,14H,3-4,7H2,(H,15,16). The van der Waals surface area contributed by atoms with E-state index in [0.29, 0.717) is 6.61 Å². The molecule has 2 aromatic rings. The average Bonchev–Trinajstić information content (AvgIpc) is 2.90. The molecule has 3 heterocycles. The van der Waals surface area contributed by atoms with E-state index in [4.69, 9.17) is 4.74 Å². The zero-order valence-electron chi connectivity index (χ0n) is 9.26. The van der Waals surface area contributed by atoms with Crippen LogP contribution in [-0.2, 0) is 4.74 Å². The smallest absolute Gasteiger partial charge is 0.126 e. The van der Waals surface area contributed by atoms with Gasteiger partial charge in [-0.1, -0.05) is 0 Å².